The van der Waals surface area contributed by atoms with Gasteiger partial charge in [-0.1, -0.05) is 19.1 Å². The monoisotopic (exact) mass is 429 g/mol. The van der Waals surface area contributed by atoms with Crippen LogP contribution in [0.2, 0.25) is 0 Å². The zero-order valence-electron chi connectivity index (χ0n) is 16.6. The SMILES string of the molecule is C[C@@H]1CCCN(S(=O)(=O)c2ccc(NC(=O)Cn3c(=O)oc4ccccc43)cc2)C1. The molecule has 9 heteroatoms. The molecule has 0 radical (unpaired) electrons. The number of sulfonamides is 1. The Morgan fingerprint density at radius 2 is 1.90 bits per heavy atom. The summed E-state index contributed by atoms with van der Waals surface area (Å²) in [6, 6.07) is 12.9. The lowest BCUT2D eigenvalue weighted by atomic mass is 10.0. The van der Waals surface area contributed by atoms with Crippen LogP contribution in [0.1, 0.15) is 19.8 Å². The predicted molar refractivity (Wildman–Crippen MR) is 113 cm³/mol. The molecule has 158 valence electrons. The first-order valence-electron chi connectivity index (χ1n) is 9.83. The average Bonchev–Trinajstić information content (AvgIpc) is 3.03. The lowest BCUT2D eigenvalue weighted by Gasteiger charge is -2.30. The third kappa shape index (κ3) is 4.03. The van der Waals surface area contributed by atoms with Crippen molar-refractivity contribution in [2.24, 2.45) is 5.92 Å². The highest BCUT2D eigenvalue weighted by Crippen LogP contribution is 2.24. The summed E-state index contributed by atoms with van der Waals surface area (Å²) in [5.41, 5.74) is 1.40. The molecule has 1 saturated heterocycles. The van der Waals surface area contributed by atoms with Gasteiger partial charge in [0.2, 0.25) is 15.9 Å². The number of rotatable bonds is 5. The molecule has 1 amide bonds. The van der Waals surface area contributed by atoms with Crippen molar-refractivity contribution >= 4 is 32.7 Å². The van der Waals surface area contributed by atoms with E-state index in [2.05, 4.69) is 12.2 Å². The largest absolute Gasteiger partial charge is 0.420 e. The lowest BCUT2D eigenvalue weighted by Crippen LogP contribution is -2.39. The van der Waals surface area contributed by atoms with E-state index in [1.165, 1.54) is 21.0 Å². The number of carbonyl (C=O) groups excluding carboxylic acids is 1. The van der Waals surface area contributed by atoms with Crippen LogP contribution >= 0.6 is 0 Å². The van der Waals surface area contributed by atoms with Crippen molar-refractivity contribution < 1.29 is 17.6 Å². The molecule has 2 aromatic carbocycles. The molecule has 30 heavy (non-hydrogen) atoms. The van der Waals surface area contributed by atoms with Crippen molar-refractivity contribution in [2.45, 2.75) is 31.2 Å². The second-order valence-electron chi connectivity index (χ2n) is 7.60. The van der Waals surface area contributed by atoms with Gasteiger partial charge in [-0.3, -0.25) is 9.36 Å². The molecule has 1 aliphatic heterocycles. The number of oxazole rings is 1. The molecule has 3 aromatic rings. The molecule has 1 atom stereocenters. The number of hydrogen-bond acceptors (Lipinski definition) is 5. The van der Waals surface area contributed by atoms with E-state index in [-0.39, 0.29) is 11.4 Å². The van der Waals surface area contributed by atoms with Crippen LogP contribution in [0.4, 0.5) is 5.69 Å². The first-order chi connectivity index (χ1) is 14.3. The maximum Gasteiger partial charge on any atom is 0.420 e. The minimum atomic E-state index is -3.55. The van der Waals surface area contributed by atoms with Gasteiger partial charge in [0.15, 0.2) is 5.58 Å². The van der Waals surface area contributed by atoms with Crippen LogP contribution in [0.3, 0.4) is 0 Å². The van der Waals surface area contributed by atoms with Crippen LogP contribution in [-0.4, -0.2) is 36.3 Å². The van der Waals surface area contributed by atoms with E-state index in [0.29, 0.717) is 35.8 Å². The van der Waals surface area contributed by atoms with Crippen molar-refractivity contribution in [3.8, 4) is 0 Å². The van der Waals surface area contributed by atoms with Gasteiger partial charge in [0.25, 0.3) is 0 Å². The Balaban J connectivity index is 1.46. The fraction of sp³-hybridized carbons (Fsp3) is 0.333. The molecule has 1 fully saturated rings. The molecular weight excluding hydrogens is 406 g/mol. The highest BCUT2D eigenvalue weighted by Gasteiger charge is 2.28. The van der Waals surface area contributed by atoms with Crippen molar-refractivity contribution in [2.75, 3.05) is 18.4 Å². The van der Waals surface area contributed by atoms with Gasteiger partial charge in [-0.05, 0) is 55.2 Å². The molecule has 0 spiro atoms. The van der Waals surface area contributed by atoms with Gasteiger partial charge in [-0.15, -0.1) is 0 Å². The normalized spacial score (nSPS) is 17.8. The number of nitrogens with zero attached hydrogens (tertiary/aromatic N) is 2. The quantitative estimate of drug-likeness (QED) is 0.672. The molecule has 0 bridgehead atoms. The Kier molecular flexibility index (Phi) is 5.48. The molecule has 0 unspecified atom stereocenters. The van der Waals surface area contributed by atoms with E-state index in [1.807, 2.05) is 0 Å². The van der Waals surface area contributed by atoms with Crippen molar-refractivity contribution in [1.82, 2.24) is 8.87 Å². The second kappa shape index (κ2) is 8.08. The molecule has 1 aromatic heterocycles. The zero-order valence-corrected chi connectivity index (χ0v) is 17.4. The van der Waals surface area contributed by atoms with Gasteiger partial charge >= 0.3 is 5.76 Å². The first kappa shape index (κ1) is 20.4. The molecular formula is C21H23N3O5S. The lowest BCUT2D eigenvalue weighted by molar-refractivity contribution is -0.116. The number of aromatic nitrogens is 1. The summed E-state index contributed by atoms with van der Waals surface area (Å²) >= 11 is 0. The number of piperidine rings is 1. The van der Waals surface area contributed by atoms with Gasteiger partial charge in [0.1, 0.15) is 6.54 Å². The van der Waals surface area contributed by atoms with E-state index < -0.39 is 21.7 Å². The maximum atomic E-state index is 12.8. The maximum absolute atomic E-state index is 12.8. The number of carbonyl (C=O) groups is 1. The highest BCUT2D eigenvalue weighted by molar-refractivity contribution is 7.89. The summed E-state index contributed by atoms with van der Waals surface area (Å²) in [4.78, 5) is 24.6. The molecule has 0 aliphatic carbocycles. The second-order valence-corrected chi connectivity index (χ2v) is 9.54. The number of nitrogens with one attached hydrogen (secondary N) is 1. The summed E-state index contributed by atoms with van der Waals surface area (Å²) in [6.07, 6.45) is 1.89. The van der Waals surface area contributed by atoms with Crippen molar-refractivity contribution in [3.05, 3.63) is 59.1 Å². The minimum Gasteiger partial charge on any atom is -0.408 e. The van der Waals surface area contributed by atoms with Gasteiger partial charge in [0.05, 0.1) is 10.4 Å². The Labute approximate surface area is 174 Å². The average molecular weight is 429 g/mol. The summed E-state index contributed by atoms with van der Waals surface area (Å²) in [5, 5.41) is 2.69. The number of hydrogen-bond donors (Lipinski definition) is 1. The standard InChI is InChI=1S/C21H23N3O5S/c1-15-5-4-12-23(13-15)30(27,28)17-10-8-16(9-11-17)22-20(25)14-24-18-6-2-3-7-19(18)29-21(24)26/h2-3,6-11,15H,4-5,12-14H2,1H3,(H,22,25)/t15-/m1/s1. The molecule has 1 N–H and O–H groups in total. The van der Waals surface area contributed by atoms with Crippen LogP contribution in [-0.2, 0) is 21.4 Å². The number of benzene rings is 2. The fourth-order valence-electron chi connectivity index (χ4n) is 3.73. The summed E-state index contributed by atoms with van der Waals surface area (Å²) < 4.78 is 33.6. The van der Waals surface area contributed by atoms with Crippen LogP contribution in [0, 0.1) is 5.92 Å². The van der Waals surface area contributed by atoms with Crippen LogP contribution in [0.5, 0.6) is 0 Å². The minimum absolute atomic E-state index is 0.201. The van der Waals surface area contributed by atoms with E-state index in [1.54, 1.807) is 36.4 Å². The molecule has 2 heterocycles. The van der Waals surface area contributed by atoms with E-state index in [0.717, 1.165) is 12.8 Å². The van der Waals surface area contributed by atoms with Gasteiger partial charge in [-0.2, -0.15) is 4.31 Å². The van der Waals surface area contributed by atoms with Gasteiger partial charge < -0.3 is 9.73 Å². The van der Waals surface area contributed by atoms with Crippen LogP contribution in [0.25, 0.3) is 11.1 Å². The van der Waals surface area contributed by atoms with E-state index in [4.69, 9.17) is 4.42 Å². The number of amides is 1. The molecule has 0 saturated carbocycles. The third-order valence-electron chi connectivity index (χ3n) is 5.27. The van der Waals surface area contributed by atoms with Gasteiger partial charge in [-0.25, -0.2) is 13.2 Å². The smallest absolute Gasteiger partial charge is 0.408 e. The number of anilines is 1. The zero-order chi connectivity index (χ0) is 21.3. The van der Waals surface area contributed by atoms with Crippen molar-refractivity contribution in [1.29, 1.82) is 0 Å². The third-order valence-corrected chi connectivity index (χ3v) is 7.15. The first-order valence-corrected chi connectivity index (χ1v) is 11.3. The Hall–Kier alpha value is -2.91. The number of fused-ring (bicyclic) bond motifs is 1. The van der Waals surface area contributed by atoms with Crippen LogP contribution < -0.4 is 11.1 Å². The number of para-hydroxylation sites is 2. The van der Waals surface area contributed by atoms with E-state index in [9.17, 15) is 18.0 Å². The Morgan fingerprint density at radius 1 is 1.17 bits per heavy atom. The summed E-state index contributed by atoms with van der Waals surface area (Å²) in [5.74, 6) is -0.679. The fourth-order valence-corrected chi connectivity index (χ4v) is 5.33. The summed E-state index contributed by atoms with van der Waals surface area (Å²) in [6.45, 7) is 2.89. The van der Waals surface area contributed by atoms with E-state index >= 15 is 0 Å². The Bertz CT molecular complexity index is 1230. The Morgan fingerprint density at radius 3 is 2.63 bits per heavy atom. The van der Waals surface area contributed by atoms with Crippen molar-refractivity contribution in [3.63, 3.8) is 0 Å². The molecule has 4 rings (SSSR count). The van der Waals surface area contributed by atoms with Crippen LogP contribution in [0.15, 0.2) is 62.6 Å². The predicted octanol–water partition coefficient (Wildman–Crippen LogP) is 2.65. The topological polar surface area (TPSA) is 102 Å². The molecule has 8 nitrogen and oxygen atoms in total. The summed E-state index contributed by atoms with van der Waals surface area (Å²) in [7, 11) is -3.55. The molecule has 1 aliphatic rings. The van der Waals surface area contributed by atoms with Gasteiger partial charge in [0, 0.05) is 18.8 Å². The highest BCUT2D eigenvalue weighted by atomic mass is 32.2.